The molecule has 1 unspecified atom stereocenters. The molecular weight excluding hydrogens is 276 g/mol. The van der Waals surface area contributed by atoms with Gasteiger partial charge in [-0.15, -0.1) is 11.3 Å². The first-order valence-corrected chi connectivity index (χ1v) is 8.21. The standard InChI is InChI=1S/C18H20N2S/c1-4-19-17(18-12(2)9-10-21-18)15-7-8-16-14(11-15)6-5-13(3)20-16/h5-11,17,19H,4H2,1-3H3. The van der Waals surface area contributed by atoms with Crippen LogP contribution in [0.1, 0.15) is 34.7 Å². The average molecular weight is 296 g/mol. The van der Waals surface area contributed by atoms with Crippen LogP contribution in [0, 0.1) is 13.8 Å². The summed E-state index contributed by atoms with van der Waals surface area (Å²) in [5, 5.41) is 6.98. The molecule has 0 fully saturated rings. The van der Waals surface area contributed by atoms with E-state index in [0.29, 0.717) is 0 Å². The van der Waals surface area contributed by atoms with Gasteiger partial charge in [-0.3, -0.25) is 4.98 Å². The summed E-state index contributed by atoms with van der Waals surface area (Å²) in [4.78, 5) is 5.98. The summed E-state index contributed by atoms with van der Waals surface area (Å²) < 4.78 is 0. The molecule has 1 N–H and O–H groups in total. The number of hydrogen-bond donors (Lipinski definition) is 1. The summed E-state index contributed by atoms with van der Waals surface area (Å²) in [5.41, 5.74) is 4.79. The molecule has 0 saturated heterocycles. The summed E-state index contributed by atoms with van der Waals surface area (Å²) in [6.07, 6.45) is 0. The summed E-state index contributed by atoms with van der Waals surface area (Å²) in [5.74, 6) is 0. The molecule has 0 aliphatic heterocycles. The fraction of sp³-hybridized carbons (Fsp3) is 0.278. The minimum absolute atomic E-state index is 0.265. The van der Waals surface area contributed by atoms with Gasteiger partial charge in [-0.2, -0.15) is 0 Å². The van der Waals surface area contributed by atoms with E-state index in [-0.39, 0.29) is 6.04 Å². The summed E-state index contributed by atoms with van der Waals surface area (Å²) in [7, 11) is 0. The molecule has 1 atom stereocenters. The normalized spacial score (nSPS) is 12.7. The molecule has 0 bridgehead atoms. The Morgan fingerprint density at radius 3 is 2.71 bits per heavy atom. The highest BCUT2D eigenvalue weighted by atomic mass is 32.1. The number of fused-ring (bicyclic) bond motifs is 1. The molecule has 21 heavy (non-hydrogen) atoms. The van der Waals surface area contributed by atoms with E-state index in [2.05, 4.69) is 65.9 Å². The largest absolute Gasteiger partial charge is 0.306 e. The topological polar surface area (TPSA) is 24.9 Å². The second-order valence-electron chi connectivity index (χ2n) is 5.36. The summed E-state index contributed by atoms with van der Waals surface area (Å²) >= 11 is 1.82. The lowest BCUT2D eigenvalue weighted by Crippen LogP contribution is -2.21. The molecule has 0 aliphatic rings. The Hall–Kier alpha value is -1.71. The zero-order chi connectivity index (χ0) is 14.8. The lowest BCUT2D eigenvalue weighted by molar-refractivity contribution is 0.638. The highest BCUT2D eigenvalue weighted by Gasteiger charge is 2.16. The fourth-order valence-corrected chi connectivity index (χ4v) is 3.70. The third-order valence-corrected chi connectivity index (χ3v) is 4.84. The Morgan fingerprint density at radius 1 is 1.14 bits per heavy atom. The Balaban J connectivity index is 2.07. The number of rotatable bonds is 4. The van der Waals surface area contributed by atoms with Gasteiger partial charge >= 0.3 is 0 Å². The molecule has 0 radical (unpaired) electrons. The molecule has 3 heteroatoms. The van der Waals surface area contributed by atoms with Crippen LogP contribution in [0.15, 0.2) is 41.8 Å². The molecule has 2 nitrogen and oxygen atoms in total. The highest BCUT2D eigenvalue weighted by Crippen LogP contribution is 2.30. The van der Waals surface area contributed by atoms with Gasteiger partial charge in [0.1, 0.15) is 0 Å². The van der Waals surface area contributed by atoms with Gasteiger partial charge in [-0.1, -0.05) is 19.1 Å². The predicted octanol–water partition coefficient (Wildman–Crippen LogP) is 4.61. The first-order valence-electron chi connectivity index (χ1n) is 7.33. The summed E-state index contributed by atoms with van der Waals surface area (Å²) in [6, 6.07) is 13.3. The van der Waals surface area contributed by atoms with Gasteiger partial charge in [0.05, 0.1) is 11.6 Å². The van der Waals surface area contributed by atoms with Crippen LogP contribution in [0.4, 0.5) is 0 Å². The van der Waals surface area contributed by atoms with Gasteiger partial charge < -0.3 is 5.32 Å². The van der Waals surface area contributed by atoms with E-state index >= 15 is 0 Å². The van der Waals surface area contributed by atoms with Crippen LogP contribution in [0.3, 0.4) is 0 Å². The van der Waals surface area contributed by atoms with Crippen LogP contribution >= 0.6 is 11.3 Å². The number of benzene rings is 1. The van der Waals surface area contributed by atoms with Gasteiger partial charge in [-0.25, -0.2) is 0 Å². The van der Waals surface area contributed by atoms with Gasteiger partial charge in [0.25, 0.3) is 0 Å². The van der Waals surface area contributed by atoms with Crippen LogP contribution in [-0.4, -0.2) is 11.5 Å². The summed E-state index contributed by atoms with van der Waals surface area (Å²) in [6.45, 7) is 7.32. The van der Waals surface area contributed by atoms with Gasteiger partial charge in [-0.05, 0) is 61.2 Å². The van der Waals surface area contributed by atoms with Gasteiger partial charge in [0.15, 0.2) is 0 Å². The maximum absolute atomic E-state index is 4.58. The van der Waals surface area contributed by atoms with Crippen molar-refractivity contribution < 1.29 is 0 Å². The second-order valence-corrected chi connectivity index (χ2v) is 6.31. The van der Waals surface area contributed by atoms with Crippen molar-refractivity contribution in [3.63, 3.8) is 0 Å². The van der Waals surface area contributed by atoms with E-state index < -0.39 is 0 Å². The minimum Gasteiger partial charge on any atom is -0.306 e. The first kappa shape index (κ1) is 14.2. The fourth-order valence-electron chi connectivity index (χ4n) is 2.67. The quantitative estimate of drug-likeness (QED) is 0.760. The van der Waals surface area contributed by atoms with Crippen molar-refractivity contribution in [2.75, 3.05) is 6.54 Å². The van der Waals surface area contributed by atoms with Crippen molar-refractivity contribution in [1.29, 1.82) is 0 Å². The van der Waals surface area contributed by atoms with Crippen molar-refractivity contribution in [3.8, 4) is 0 Å². The van der Waals surface area contributed by atoms with Gasteiger partial charge in [0.2, 0.25) is 0 Å². The Bertz CT molecular complexity index is 761. The van der Waals surface area contributed by atoms with E-state index in [1.807, 2.05) is 18.3 Å². The maximum atomic E-state index is 4.58. The van der Waals surface area contributed by atoms with Crippen molar-refractivity contribution in [2.24, 2.45) is 0 Å². The lowest BCUT2D eigenvalue weighted by Gasteiger charge is -2.19. The Kier molecular flexibility index (Phi) is 4.04. The van der Waals surface area contributed by atoms with Crippen molar-refractivity contribution in [3.05, 3.63) is 63.5 Å². The van der Waals surface area contributed by atoms with E-state index in [1.54, 1.807) is 0 Å². The molecular formula is C18H20N2S. The van der Waals surface area contributed by atoms with E-state index in [0.717, 1.165) is 17.8 Å². The van der Waals surface area contributed by atoms with Crippen molar-refractivity contribution in [2.45, 2.75) is 26.8 Å². The number of thiophene rings is 1. The van der Waals surface area contributed by atoms with Crippen LogP contribution in [0.25, 0.3) is 10.9 Å². The highest BCUT2D eigenvalue weighted by molar-refractivity contribution is 7.10. The molecule has 0 spiro atoms. The molecule has 108 valence electrons. The SMILES string of the molecule is CCNC(c1ccc2nc(C)ccc2c1)c1sccc1C. The number of nitrogens with one attached hydrogen (secondary N) is 1. The number of nitrogens with zero attached hydrogens (tertiary/aromatic N) is 1. The number of aromatic nitrogens is 1. The lowest BCUT2D eigenvalue weighted by atomic mass is 10.0. The first-order chi connectivity index (χ1) is 10.2. The van der Waals surface area contributed by atoms with E-state index in [1.165, 1.54) is 21.4 Å². The van der Waals surface area contributed by atoms with Gasteiger partial charge in [0, 0.05) is 16.0 Å². The molecule has 3 rings (SSSR count). The molecule has 0 amide bonds. The van der Waals surface area contributed by atoms with E-state index in [4.69, 9.17) is 0 Å². The van der Waals surface area contributed by atoms with Crippen LogP contribution in [-0.2, 0) is 0 Å². The van der Waals surface area contributed by atoms with Crippen molar-refractivity contribution in [1.82, 2.24) is 10.3 Å². The third-order valence-electron chi connectivity index (χ3n) is 3.76. The smallest absolute Gasteiger partial charge is 0.0705 e. The predicted molar refractivity (Wildman–Crippen MR) is 91.1 cm³/mol. The van der Waals surface area contributed by atoms with Crippen LogP contribution in [0.2, 0.25) is 0 Å². The maximum Gasteiger partial charge on any atom is 0.0705 e. The molecule has 1 aromatic carbocycles. The molecule has 2 heterocycles. The minimum atomic E-state index is 0.265. The third kappa shape index (κ3) is 2.85. The van der Waals surface area contributed by atoms with Crippen molar-refractivity contribution >= 4 is 22.2 Å². The number of aryl methyl sites for hydroxylation is 2. The Labute approximate surface area is 129 Å². The van der Waals surface area contributed by atoms with Crippen LogP contribution in [0.5, 0.6) is 0 Å². The monoisotopic (exact) mass is 296 g/mol. The zero-order valence-electron chi connectivity index (χ0n) is 12.7. The van der Waals surface area contributed by atoms with Crippen LogP contribution < -0.4 is 5.32 Å². The number of hydrogen-bond acceptors (Lipinski definition) is 3. The van der Waals surface area contributed by atoms with E-state index in [9.17, 15) is 0 Å². The Morgan fingerprint density at radius 2 is 2.00 bits per heavy atom. The molecule has 2 aromatic heterocycles. The molecule has 0 aliphatic carbocycles. The average Bonchev–Trinajstić information content (AvgIpc) is 2.90. The number of pyridine rings is 1. The molecule has 3 aromatic rings. The zero-order valence-corrected chi connectivity index (χ0v) is 13.5. The molecule has 0 saturated carbocycles. The second kappa shape index (κ2) is 5.96.